The second-order valence-electron chi connectivity index (χ2n) is 2.72. The van der Waals surface area contributed by atoms with Gasteiger partial charge in [0.1, 0.15) is 5.75 Å². The van der Waals surface area contributed by atoms with Gasteiger partial charge in [-0.25, -0.2) is 4.98 Å². The Labute approximate surface area is 82.5 Å². The lowest BCUT2D eigenvalue weighted by atomic mass is 10.1. The summed E-state index contributed by atoms with van der Waals surface area (Å²) >= 11 is 0. The number of aliphatic hydroxyl groups excluding tert-OH is 1. The number of hydrogen-bond donors (Lipinski definition) is 2. The van der Waals surface area contributed by atoms with Gasteiger partial charge in [-0.2, -0.15) is 0 Å². The average molecular weight is 198 g/mol. The van der Waals surface area contributed by atoms with Crippen LogP contribution in [-0.4, -0.2) is 30.9 Å². The van der Waals surface area contributed by atoms with E-state index in [2.05, 4.69) is 4.98 Å². The van der Waals surface area contributed by atoms with Crippen LogP contribution >= 0.6 is 0 Å². The first-order chi connectivity index (χ1) is 6.72. The van der Waals surface area contributed by atoms with Crippen molar-refractivity contribution < 1.29 is 14.6 Å². The van der Waals surface area contributed by atoms with Crippen molar-refractivity contribution in [2.45, 2.75) is 6.10 Å². The highest BCUT2D eigenvalue weighted by molar-refractivity contribution is 5.36. The molecule has 5 heteroatoms. The summed E-state index contributed by atoms with van der Waals surface area (Å²) < 4.78 is 9.96. The molecular weight excluding hydrogens is 184 g/mol. The highest BCUT2D eigenvalue weighted by Gasteiger charge is 2.13. The van der Waals surface area contributed by atoms with Gasteiger partial charge in [-0.3, -0.25) is 0 Å². The molecule has 0 fully saturated rings. The Morgan fingerprint density at radius 3 is 2.71 bits per heavy atom. The topological polar surface area (TPSA) is 77.6 Å². The molecule has 0 aromatic carbocycles. The molecule has 0 aliphatic carbocycles. The van der Waals surface area contributed by atoms with Crippen molar-refractivity contribution in [1.29, 1.82) is 0 Å². The van der Waals surface area contributed by atoms with Gasteiger partial charge < -0.3 is 20.3 Å². The zero-order chi connectivity index (χ0) is 10.6. The lowest BCUT2D eigenvalue weighted by molar-refractivity contribution is 0.181. The number of ether oxygens (including phenoxy) is 2. The van der Waals surface area contributed by atoms with E-state index in [1.807, 2.05) is 0 Å². The first-order valence-corrected chi connectivity index (χ1v) is 4.19. The van der Waals surface area contributed by atoms with Crippen molar-refractivity contribution in [3.8, 4) is 11.6 Å². The summed E-state index contributed by atoms with van der Waals surface area (Å²) in [6.07, 6.45) is 0.731. The van der Waals surface area contributed by atoms with Gasteiger partial charge in [0.05, 0.1) is 26.5 Å². The summed E-state index contributed by atoms with van der Waals surface area (Å²) in [4.78, 5) is 3.95. The maximum atomic E-state index is 9.57. The van der Waals surface area contributed by atoms with Gasteiger partial charge in [-0.1, -0.05) is 0 Å². The molecule has 0 saturated carbocycles. The van der Waals surface area contributed by atoms with Crippen molar-refractivity contribution in [3.63, 3.8) is 0 Å². The molecule has 0 amide bonds. The van der Waals surface area contributed by atoms with E-state index >= 15 is 0 Å². The number of pyridine rings is 1. The van der Waals surface area contributed by atoms with Crippen LogP contribution in [0.1, 0.15) is 11.7 Å². The van der Waals surface area contributed by atoms with Gasteiger partial charge >= 0.3 is 0 Å². The third-order valence-corrected chi connectivity index (χ3v) is 1.88. The molecule has 0 aliphatic heterocycles. The molecule has 1 atom stereocenters. The number of rotatable bonds is 4. The maximum Gasteiger partial charge on any atom is 0.213 e. The Balaban J connectivity index is 3.08. The minimum Gasteiger partial charge on any atom is -0.495 e. The first-order valence-electron chi connectivity index (χ1n) is 4.19. The van der Waals surface area contributed by atoms with Crippen LogP contribution in [0.4, 0.5) is 0 Å². The Bertz CT molecular complexity index is 304. The Hall–Kier alpha value is -1.33. The molecule has 0 saturated heterocycles. The summed E-state index contributed by atoms with van der Waals surface area (Å²) in [5.74, 6) is 0.928. The summed E-state index contributed by atoms with van der Waals surface area (Å²) in [5, 5.41) is 9.57. The number of nitrogens with two attached hydrogens (primary N) is 1. The minimum atomic E-state index is -0.762. The molecule has 0 bridgehead atoms. The molecule has 1 aromatic heterocycles. The Kier molecular flexibility index (Phi) is 3.67. The summed E-state index contributed by atoms with van der Waals surface area (Å²) in [6.45, 7) is 0.128. The van der Waals surface area contributed by atoms with Crippen molar-refractivity contribution >= 4 is 0 Å². The molecule has 1 rings (SSSR count). The summed E-state index contributed by atoms with van der Waals surface area (Å²) in [6, 6.07) is 1.61. The fourth-order valence-corrected chi connectivity index (χ4v) is 1.11. The van der Waals surface area contributed by atoms with E-state index in [4.69, 9.17) is 15.2 Å². The van der Waals surface area contributed by atoms with Gasteiger partial charge in [0.15, 0.2) is 0 Å². The molecule has 0 spiro atoms. The monoisotopic (exact) mass is 198 g/mol. The van der Waals surface area contributed by atoms with Crippen LogP contribution in [0, 0.1) is 0 Å². The van der Waals surface area contributed by atoms with E-state index in [1.54, 1.807) is 6.07 Å². The zero-order valence-electron chi connectivity index (χ0n) is 8.23. The number of aliphatic hydroxyl groups is 1. The molecule has 0 aliphatic rings. The van der Waals surface area contributed by atoms with E-state index in [-0.39, 0.29) is 6.54 Å². The van der Waals surface area contributed by atoms with Crippen LogP contribution in [-0.2, 0) is 0 Å². The number of nitrogens with zero attached hydrogens (tertiary/aromatic N) is 1. The Morgan fingerprint density at radius 1 is 1.50 bits per heavy atom. The standard InChI is InChI=1S/C9H14N2O3/c1-13-8-5-11-9(14-2)3-6(8)7(12)4-10/h3,5,7,12H,4,10H2,1-2H3. The highest BCUT2D eigenvalue weighted by Crippen LogP contribution is 2.26. The van der Waals surface area contributed by atoms with E-state index in [9.17, 15) is 5.11 Å². The van der Waals surface area contributed by atoms with Gasteiger partial charge in [-0.15, -0.1) is 0 Å². The SMILES string of the molecule is COc1cc(C(O)CN)c(OC)cn1. The first kappa shape index (κ1) is 10.7. The van der Waals surface area contributed by atoms with Crippen molar-refractivity contribution in [3.05, 3.63) is 17.8 Å². The molecule has 0 radical (unpaired) electrons. The predicted molar refractivity (Wildman–Crippen MR) is 51.4 cm³/mol. The van der Waals surface area contributed by atoms with Crippen LogP contribution in [0.3, 0.4) is 0 Å². The highest BCUT2D eigenvalue weighted by atomic mass is 16.5. The van der Waals surface area contributed by atoms with Crippen molar-refractivity contribution in [2.75, 3.05) is 20.8 Å². The molecule has 1 heterocycles. The minimum absolute atomic E-state index is 0.128. The summed E-state index contributed by atoms with van der Waals surface area (Å²) in [5.41, 5.74) is 5.94. The van der Waals surface area contributed by atoms with Gasteiger partial charge in [0, 0.05) is 18.2 Å². The van der Waals surface area contributed by atoms with Gasteiger partial charge in [0.2, 0.25) is 5.88 Å². The van der Waals surface area contributed by atoms with Gasteiger partial charge in [0.25, 0.3) is 0 Å². The molecule has 1 aromatic rings. The lowest BCUT2D eigenvalue weighted by Gasteiger charge is -2.13. The van der Waals surface area contributed by atoms with Gasteiger partial charge in [-0.05, 0) is 0 Å². The smallest absolute Gasteiger partial charge is 0.213 e. The molecular formula is C9H14N2O3. The lowest BCUT2D eigenvalue weighted by Crippen LogP contribution is -2.13. The number of methoxy groups -OCH3 is 2. The predicted octanol–water partition coefficient (Wildman–Crippen LogP) is 0.0909. The Morgan fingerprint density at radius 2 is 2.21 bits per heavy atom. The van der Waals surface area contributed by atoms with Crippen LogP contribution in [0.25, 0.3) is 0 Å². The molecule has 78 valence electrons. The molecule has 3 N–H and O–H groups in total. The third kappa shape index (κ3) is 2.12. The zero-order valence-corrected chi connectivity index (χ0v) is 8.23. The fraction of sp³-hybridized carbons (Fsp3) is 0.444. The van der Waals surface area contributed by atoms with E-state index < -0.39 is 6.10 Å². The second-order valence-corrected chi connectivity index (χ2v) is 2.72. The largest absolute Gasteiger partial charge is 0.495 e. The third-order valence-electron chi connectivity index (χ3n) is 1.88. The normalized spacial score (nSPS) is 12.3. The van der Waals surface area contributed by atoms with Crippen LogP contribution in [0.2, 0.25) is 0 Å². The van der Waals surface area contributed by atoms with Crippen molar-refractivity contribution in [2.24, 2.45) is 5.73 Å². The van der Waals surface area contributed by atoms with E-state index in [0.29, 0.717) is 17.2 Å². The van der Waals surface area contributed by atoms with Crippen LogP contribution < -0.4 is 15.2 Å². The van der Waals surface area contributed by atoms with E-state index in [1.165, 1.54) is 20.4 Å². The molecule has 1 unspecified atom stereocenters. The second kappa shape index (κ2) is 4.78. The van der Waals surface area contributed by atoms with Crippen molar-refractivity contribution in [1.82, 2.24) is 4.98 Å². The molecule has 5 nitrogen and oxygen atoms in total. The van der Waals surface area contributed by atoms with E-state index in [0.717, 1.165) is 0 Å². The quantitative estimate of drug-likeness (QED) is 0.717. The number of aromatic nitrogens is 1. The fourth-order valence-electron chi connectivity index (χ4n) is 1.11. The summed E-state index contributed by atoms with van der Waals surface area (Å²) in [7, 11) is 3.02. The average Bonchev–Trinajstić information content (AvgIpc) is 2.27. The molecule has 14 heavy (non-hydrogen) atoms. The number of hydrogen-bond acceptors (Lipinski definition) is 5. The van der Waals surface area contributed by atoms with Crippen LogP contribution in [0.15, 0.2) is 12.3 Å². The van der Waals surface area contributed by atoms with Crippen LogP contribution in [0.5, 0.6) is 11.6 Å². The maximum absolute atomic E-state index is 9.57.